The molecule has 0 spiro atoms. The fourth-order valence-electron chi connectivity index (χ4n) is 1.78. The van der Waals surface area contributed by atoms with Crippen LogP contribution in [0.4, 0.5) is 0 Å². The van der Waals surface area contributed by atoms with Crippen LogP contribution in [0.2, 0.25) is 0 Å². The van der Waals surface area contributed by atoms with E-state index in [0.717, 1.165) is 30.5 Å². The maximum atomic E-state index is 5.14. The van der Waals surface area contributed by atoms with Gasteiger partial charge in [0.05, 0.1) is 7.11 Å². The quantitative estimate of drug-likeness (QED) is 0.846. The fourth-order valence-corrected chi connectivity index (χ4v) is 2.92. The molecular weight excluding hydrogens is 206 g/mol. The Morgan fingerprint density at radius 1 is 1.40 bits per heavy atom. The van der Waals surface area contributed by atoms with Gasteiger partial charge in [-0.1, -0.05) is 12.1 Å². The lowest BCUT2D eigenvalue weighted by molar-refractivity contribution is 0.414. The van der Waals surface area contributed by atoms with Gasteiger partial charge in [0.15, 0.2) is 0 Å². The number of rotatable bonds is 3. The molecule has 1 saturated heterocycles. The van der Waals surface area contributed by atoms with Gasteiger partial charge in [0.2, 0.25) is 0 Å². The normalized spacial score (nSPS) is 21.3. The summed E-state index contributed by atoms with van der Waals surface area (Å²) >= 11 is 2.07. The number of benzene rings is 1. The van der Waals surface area contributed by atoms with Crippen LogP contribution in [0, 0.1) is 0 Å². The van der Waals surface area contributed by atoms with E-state index in [1.807, 2.05) is 12.1 Å². The highest BCUT2D eigenvalue weighted by Gasteiger charge is 2.13. The summed E-state index contributed by atoms with van der Waals surface area (Å²) < 4.78 is 5.14. The Kier molecular flexibility index (Phi) is 3.92. The van der Waals surface area contributed by atoms with Gasteiger partial charge in [0, 0.05) is 24.1 Å². The van der Waals surface area contributed by atoms with Gasteiger partial charge in [-0.15, -0.1) is 0 Å². The zero-order valence-electron chi connectivity index (χ0n) is 9.03. The molecule has 0 bridgehead atoms. The molecule has 3 heteroatoms. The Bertz CT molecular complexity index is 293. The van der Waals surface area contributed by atoms with Gasteiger partial charge in [0.1, 0.15) is 5.75 Å². The van der Waals surface area contributed by atoms with Crippen LogP contribution in [0.15, 0.2) is 24.3 Å². The van der Waals surface area contributed by atoms with E-state index < -0.39 is 0 Å². The van der Waals surface area contributed by atoms with Gasteiger partial charge in [0.25, 0.3) is 0 Å². The molecule has 0 aromatic heterocycles. The zero-order chi connectivity index (χ0) is 10.5. The molecule has 1 aromatic rings. The Balaban J connectivity index is 1.91. The van der Waals surface area contributed by atoms with Crippen molar-refractivity contribution in [3.8, 4) is 5.75 Å². The van der Waals surface area contributed by atoms with E-state index >= 15 is 0 Å². The first kappa shape index (κ1) is 10.8. The van der Waals surface area contributed by atoms with E-state index in [0.29, 0.717) is 0 Å². The summed E-state index contributed by atoms with van der Waals surface area (Å²) in [5, 5.41) is 4.16. The monoisotopic (exact) mass is 223 g/mol. The molecule has 1 atom stereocenters. The molecule has 82 valence electrons. The van der Waals surface area contributed by atoms with Crippen LogP contribution in [0.25, 0.3) is 0 Å². The lowest BCUT2D eigenvalue weighted by atomic mass is 10.1. The Morgan fingerprint density at radius 2 is 2.20 bits per heavy atom. The number of hydrogen-bond donors (Lipinski definition) is 1. The molecule has 1 aliphatic heterocycles. The van der Waals surface area contributed by atoms with Crippen molar-refractivity contribution in [1.29, 1.82) is 0 Å². The average Bonchev–Trinajstić information content (AvgIpc) is 2.31. The number of thioether (sulfide) groups is 1. The van der Waals surface area contributed by atoms with Crippen molar-refractivity contribution in [2.45, 2.75) is 11.7 Å². The van der Waals surface area contributed by atoms with Gasteiger partial charge < -0.3 is 10.1 Å². The standard InChI is InChI=1S/C12H17NOS/c1-14-11-4-2-10(3-5-11)8-12-9-13-6-7-15-12/h2-5,12-13H,6-9H2,1H3. The molecule has 1 aromatic carbocycles. The Morgan fingerprint density at radius 3 is 2.80 bits per heavy atom. The van der Waals surface area contributed by atoms with Crippen molar-refractivity contribution in [1.82, 2.24) is 5.32 Å². The van der Waals surface area contributed by atoms with Crippen LogP contribution in [-0.2, 0) is 6.42 Å². The molecule has 1 aliphatic rings. The zero-order valence-corrected chi connectivity index (χ0v) is 9.85. The van der Waals surface area contributed by atoms with Gasteiger partial charge in [-0.25, -0.2) is 0 Å². The first-order chi connectivity index (χ1) is 7.38. The summed E-state index contributed by atoms with van der Waals surface area (Å²) in [6.45, 7) is 2.29. The maximum absolute atomic E-state index is 5.14. The van der Waals surface area contributed by atoms with E-state index in [4.69, 9.17) is 4.74 Å². The lowest BCUT2D eigenvalue weighted by Gasteiger charge is -2.22. The van der Waals surface area contributed by atoms with E-state index in [9.17, 15) is 0 Å². The highest BCUT2D eigenvalue weighted by Crippen LogP contribution is 2.20. The number of nitrogens with one attached hydrogen (secondary N) is 1. The summed E-state index contributed by atoms with van der Waals surface area (Å²) in [5.41, 5.74) is 1.40. The largest absolute Gasteiger partial charge is 0.497 e. The molecule has 0 aliphatic carbocycles. The van der Waals surface area contributed by atoms with Crippen molar-refractivity contribution in [3.63, 3.8) is 0 Å². The van der Waals surface area contributed by atoms with Gasteiger partial charge in [-0.2, -0.15) is 11.8 Å². The summed E-state index contributed by atoms with van der Waals surface area (Å²) in [7, 11) is 1.70. The topological polar surface area (TPSA) is 21.3 Å². The molecule has 2 rings (SSSR count). The second-order valence-corrected chi connectivity index (χ2v) is 5.16. The van der Waals surface area contributed by atoms with Crippen molar-refractivity contribution < 1.29 is 4.74 Å². The minimum atomic E-state index is 0.729. The minimum absolute atomic E-state index is 0.729. The fraction of sp³-hybridized carbons (Fsp3) is 0.500. The highest BCUT2D eigenvalue weighted by atomic mass is 32.2. The summed E-state index contributed by atoms with van der Waals surface area (Å²) in [5.74, 6) is 2.18. The minimum Gasteiger partial charge on any atom is -0.497 e. The van der Waals surface area contributed by atoms with Crippen LogP contribution >= 0.6 is 11.8 Å². The molecule has 0 radical (unpaired) electrons. The van der Waals surface area contributed by atoms with E-state index in [-0.39, 0.29) is 0 Å². The molecule has 1 unspecified atom stereocenters. The molecule has 1 N–H and O–H groups in total. The van der Waals surface area contributed by atoms with Crippen LogP contribution < -0.4 is 10.1 Å². The van der Waals surface area contributed by atoms with E-state index in [1.54, 1.807) is 7.11 Å². The second kappa shape index (κ2) is 5.42. The van der Waals surface area contributed by atoms with E-state index in [1.165, 1.54) is 11.3 Å². The van der Waals surface area contributed by atoms with Gasteiger partial charge in [-0.3, -0.25) is 0 Å². The third-order valence-corrected chi connectivity index (χ3v) is 3.87. The second-order valence-electron chi connectivity index (χ2n) is 3.75. The average molecular weight is 223 g/mol. The lowest BCUT2D eigenvalue weighted by Crippen LogP contribution is -2.33. The molecule has 0 amide bonds. The Labute approximate surface area is 95.4 Å². The van der Waals surface area contributed by atoms with Crippen LogP contribution in [0.5, 0.6) is 5.75 Å². The van der Waals surface area contributed by atoms with Crippen molar-refractivity contribution in [3.05, 3.63) is 29.8 Å². The maximum Gasteiger partial charge on any atom is 0.118 e. The predicted octanol–water partition coefficient (Wildman–Crippen LogP) is 1.94. The summed E-state index contributed by atoms with van der Waals surface area (Å²) in [6.07, 6.45) is 1.15. The van der Waals surface area contributed by atoms with Crippen molar-refractivity contribution in [2.24, 2.45) is 0 Å². The van der Waals surface area contributed by atoms with Crippen molar-refractivity contribution in [2.75, 3.05) is 26.0 Å². The summed E-state index contributed by atoms with van der Waals surface area (Å²) in [4.78, 5) is 0. The third kappa shape index (κ3) is 3.14. The highest BCUT2D eigenvalue weighted by molar-refractivity contribution is 8.00. The Hall–Kier alpha value is -0.670. The van der Waals surface area contributed by atoms with Gasteiger partial charge >= 0.3 is 0 Å². The molecular formula is C12H17NOS. The molecule has 1 heterocycles. The summed E-state index contributed by atoms with van der Waals surface area (Å²) in [6, 6.07) is 8.40. The predicted molar refractivity (Wildman–Crippen MR) is 65.8 cm³/mol. The molecule has 1 fully saturated rings. The molecule has 2 nitrogen and oxygen atoms in total. The van der Waals surface area contributed by atoms with Crippen LogP contribution in [0.3, 0.4) is 0 Å². The van der Waals surface area contributed by atoms with E-state index in [2.05, 4.69) is 29.2 Å². The van der Waals surface area contributed by atoms with Crippen molar-refractivity contribution >= 4 is 11.8 Å². The smallest absolute Gasteiger partial charge is 0.118 e. The van der Waals surface area contributed by atoms with Crippen LogP contribution in [-0.4, -0.2) is 31.2 Å². The van der Waals surface area contributed by atoms with Crippen LogP contribution in [0.1, 0.15) is 5.56 Å². The molecule has 15 heavy (non-hydrogen) atoms. The molecule has 0 saturated carbocycles. The van der Waals surface area contributed by atoms with Gasteiger partial charge in [-0.05, 0) is 24.1 Å². The number of methoxy groups -OCH3 is 1. The number of ether oxygens (including phenoxy) is 1. The number of hydrogen-bond acceptors (Lipinski definition) is 3. The first-order valence-electron chi connectivity index (χ1n) is 5.34. The SMILES string of the molecule is COc1ccc(CC2CNCCS2)cc1. The third-order valence-electron chi connectivity index (χ3n) is 2.63. The first-order valence-corrected chi connectivity index (χ1v) is 6.38.